The summed E-state index contributed by atoms with van der Waals surface area (Å²) in [6.07, 6.45) is 3.19. The van der Waals surface area contributed by atoms with Crippen LogP contribution in [0.1, 0.15) is 5.56 Å². The first-order chi connectivity index (χ1) is 9.22. The maximum absolute atomic E-state index is 10.6. The molecular weight excluding hydrogens is 244 g/mol. The average molecular weight is 253 g/mol. The van der Waals surface area contributed by atoms with Crippen LogP contribution in [0.15, 0.2) is 47.1 Å². The van der Waals surface area contributed by atoms with Crippen molar-refractivity contribution < 1.29 is 14.3 Å². The van der Waals surface area contributed by atoms with Gasteiger partial charge in [0.1, 0.15) is 5.52 Å². The topological polar surface area (TPSA) is 79.0 Å². The van der Waals surface area contributed by atoms with Gasteiger partial charge in [-0.25, -0.2) is 4.98 Å². The molecule has 0 aliphatic heterocycles. The van der Waals surface area contributed by atoms with Gasteiger partial charge in [0.05, 0.1) is 5.56 Å². The Kier molecular flexibility index (Phi) is 2.72. The van der Waals surface area contributed by atoms with Crippen LogP contribution in [0.5, 0.6) is 0 Å². The molecule has 3 rings (SSSR count). The monoisotopic (exact) mass is 253 g/mol. The number of oxazole rings is 1. The van der Waals surface area contributed by atoms with Crippen LogP contribution in [0.2, 0.25) is 0 Å². The van der Waals surface area contributed by atoms with Crippen LogP contribution in [0.3, 0.4) is 0 Å². The largest absolute Gasteiger partial charge is 0.550 e. The van der Waals surface area contributed by atoms with E-state index in [1.165, 1.54) is 0 Å². The molecule has 0 N–H and O–H groups in total. The first kappa shape index (κ1) is 11.4. The van der Waals surface area contributed by atoms with E-state index >= 15 is 0 Å². The lowest BCUT2D eigenvalue weighted by Gasteiger charge is -2.00. The number of fused-ring (bicyclic) bond motifs is 1. The molecule has 0 saturated carbocycles. The van der Waals surface area contributed by atoms with E-state index in [2.05, 4.69) is 9.97 Å². The van der Waals surface area contributed by atoms with Crippen molar-refractivity contribution in [1.29, 1.82) is 0 Å². The molecule has 0 aliphatic carbocycles. The summed E-state index contributed by atoms with van der Waals surface area (Å²) >= 11 is 0. The van der Waals surface area contributed by atoms with E-state index in [1.807, 2.05) is 6.07 Å². The Balaban J connectivity index is 2.04. The van der Waals surface area contributed by atoms with Gasteiger partial charge in [-0.15, -0.1) is 0 Å². The molecule has 0 unspecified atom stereocenters. The molecule has 0 spiro atoms. The molecule has 2 aromatic heterocycles. The van der Waals surface area contributed by atoms with Gasteiger partial charge in [0.25, 0.3) is 0 Å². The second-order valence-electron chi connectivity index (χ2n) is 4.11. The van der Waals surface area contributed by atoms with Crippen LogP contribution < -0.4 is 5.11 Å². The molecule has 2 heterocycles. The van der Waals surface area contributed by atoms with Crippen LogP contribution in [-0.2, 0) is 11.2 Å². The maximum Gasteiger partial charge on any atom is 0.228 e. The van der Waals surface area contributed by atoms with Gasteiger partial charge in [-0.05, 0) is 29.8 Å². The number of carboxylic acid groups (broad SMARTS) is 1. The third-order valence-electron chi connectivity index (χ3n) is 2.71. The highest BCUT2D eigenvalue weighted by Crippen LogP contribution is 2.24. The molecule has 0 fully saturated rings. The third-order valence-corrected chi connectivity index (χ3v) is 2.71. The predicted octanol–water partition coefficient (Wildman–Crippen LogP) is 1.18. The number of carbonyl (C=O) groups excluding carboxylic acids is 1. The zero-order valence-corrected chi connectivity index (χ0v) is 9.87. The smallest absolute Gasteiger partial charge is 0.228 e. The van der Waals surface area contributed by atoms with E-state index in [1.54, 1.807) is 36.7 Å². The van der Waals surface area contributed by atoms with Crippen molar-refractivity contribution in [3.63, 3.8) is 0 Å². The number of hydrogen-bond acceptors (Lipinski definition) is 5. The zero-order valence-electron chi connectivity index (χ0n) is 9.87. The summed E-state index contributed by atoms with van der Waals surface area (Å²) in [6.45, 7) is 0. The number of carboxylic acids is 1. The Morgan fingerprint density at radius 2 is 2.21 bits per heavy atom. The van der Waals surface area contributed by atoms with E-state index in [9.17, 15) is 9.90 Å². The molecule has 0 saturated heterocycles. The molecule has 0 bridgehead atoms. The fourth-order valence-electron chi connectivity index (χ4n) is 1.86. The number of benzene rings is 1. The van der Waals surface area contributed by atoms with E-state index in [0.717, 1.165) is 5.56 Å². The molecule has 5 nitrogen and oxygen atoms in total. The Labute approximate surface area is 108 Å². The SMILES string of the molecule is O=C([O-])Cc1ccc2nc(-c3cccnc3)oc2c1. The highest BCUT2D eigenvalue weighted by Gasteiger charge is 2.08. The maximum atomic E-state index is 10.6. The van der Waals surface area contributed by atoms with Gasteiger partial charge in [0, 0.05) is 24.8 Å². The number of hydrogen-bond donors (Lipinski definition) is 0. The quantitative estimate of drug-likeness (QED) is 0.700. The second kappa shape index (κ2) is 4.53. The fraction of sp³-hybridized carbons (Fsp3) is 0.0714. The summed E-state index contributed by atoms with van der Waals surface area (Å²) in [5, 5.41) is 10.6. The average Bonchev–Trinajstić information content (AvgIpc) is 2.82. The van der Waals surface area contributed by atoms with Crippen LogP contribution in [0.25, 0.3) is 22.6 Å². The summed E-state index contributed by atoms with van der Waals surface area (Å²) in [5.74, 6) is -0.653. The molecule has 5 heteroatoms. The Hall–Kier alpha value is -2.69. The van der Waals surface area contributed by atoms with Crippen LogP contribution in [0.4, 0.5) is 0 Å². The summed E-state index contributed by atoms with van der Waals surface area (Å²) in [7, 11) is 0. The summed E-state index contributed by atoms with van der Waals surface area (Å²) < 4.78 is 5.61. The first-order valence-electron chi connectivity index (χ1n) is 5.72. The minimum atomic E-state index is -1.12. The number of aliphatic carboxylic acids is 1. The molecule has 0 aliphatic rings. The molecule has 19 heavy (non-hydrogen) atoms. The molecule has 0 amide bonds. The number of rotatable bonds is 3. The highest BCUT2D eigenvalue weighted by atomic mass is 16.4. The summed E-state index contributed by atoms with van der Waals surface area (Å²) in [4.78, 5) is 18.9. The van der Waals surface area contributed by atoms with Gasteiger partial charge < -0.3 is 14.3 Å². The lowest BCUT2D eigenvalue weighted by atomic mass is 10.1. The van der Waals surface area contributed by atoms with E-state index < -0.39 is 5.97 Å². The molecule has 3 aromatic rings. The standard InChI is InChI=1S/C14H10N2O3/c17-13(18)7-9-3-4-11-12(6-9)19-14(16-11)10-2-1-5-15-8-10/h1-6,8H,7H2,(H,17,18)/p-1. The summed E-state index contributed by atoms with van der Waals surface area (Å²) in [5.41, 5.74) is 2.64. The van der Waals surface area contributed by atoms with Gasteiger partial charge in [-0.1, -0.05) is 6.07 Å². The number of nitrogens with zero attached hydrogens (tertiary/aromatic N) is 2. The van der Waals surface area contributed by atoms with Crippen molar-refractivity contribution in [3.8, 4) is 11.5 Å². The normalized spacial score (nSPS) is 10.7. The molecule has 0 atom stereocenters. The van der Waals surface area contributed by atoms with E-state index in [-0.39, 0.29) is 6.42 Å². The van der Waals surface area contributed by atoms with E-state index in [4.69, 9.17) is 4.42 Å². The third kappa shape index (κ3) is 2.30. The second-order valence-corrected chi connectivity index (χ2v) is 4.11. The van der Waals surface area contributed by atoms with Gasteiger partial charge in [0.2, 0.25) is 5.89 Å². The Morgan fingerprint density at radius 1 is 1.32 bits per heavy atom. The molecule has 94 valence electrons. The fourth-order valence-corrected chi connectivity index (χ4v) is 1.86. The van der Waals surface area contributed by atoms with Gasteiger partial charge in [-0.2, -0.15) is 0 Å². The molecular formula is C14H9N2O3-. The van der Waals surface area contributed by atoms with Crippen molar-refractivity contribution in [1.82, 2.24) is 9.97 Å². The predicted molar refractivity (Wildman–Crippen MR) is 66.0 cm³/mol. The zero-order chi connectivity index (χ0) is 13.2. The lowest BCUT2D eigenvalue weighted by Crippen LogP contribution is -2.24. The number of carbonyl (C=O) groups is 1. The van der Waals surface area contributed by atoms with Crippen molar-refractivity contribution in [2.24, 2.45) is 0 Å². The first-order valence-corrected chi connectivity index (χ1v) is 5.72. The molecule has 0 radical (unpaired) electrons. The van der Waals surface area contributed by atoms with Gasteiger partial charge >= 0.3 is 0 Å². The molecule has 1 aromatic carbocycles. The number of aromatic nitrogens is 2. The van der Waals surface area contributed by atoms with Crippen molar-refractivity contribution >= 4 is 17.1 Å². The van der Waals surface area contributed by atoms with Crippen molar-refractivity contribution in [2.75, 3.05) is 0 Å². The Morgan fingerprint density at radius 3 is 2.95 bits per heavy atom. The highest BCUT2D eigenvalue weighted by molar-refractivity contribution is 5.78. The van der Waals surface area contributed by atoms with Crippen LogP contribution in [0, 0.1) is 0 Å². The minimum absolute atomic E-state index is 0.140. The lowest BCUT2D eigenvalue weighted by molar-refractivity contribution is -0.304. The van der Waals surface area contributed by atoms with Gasteiger partial charge in [-0.3, -0.25) is 4.98 Å². The number of pyridine rings is 1. The van der Waals surface area contributed by atoms with Crippen molar-refractivity contribution in [2.45, 2.75) is 6.42 Å². The Bertz CT molecular complexity index is 735. The van der Waals surface area contributed by atoms with Crippen LogP contribution in [-0.4, -0.2) is 15.9 Å². The van der Waals surface area contributed by atoms with Crippen molar-refractivity contribution in [3.05, 3.63) is 48.3 Å². The van der Waals surface area contributed by atoms with E-state index in [0.29, 0.717) is 22.6 Å². The minimum Gasteiger partial charge on any atom is -0.550 e. The summed E-state index contributed by atoms with van der Waals surface area (Å²) in [6, 6.07) is 8.74. The van der Waals surface area contributed by atoms with Crippen LogP contribution >= 0.6 is 0 Å². The van der Waals surface area contributed by atoms with Gasteiger partial charge in [0.15, 0.2) is 5.58 Å².